The number of aromatic hydroxyl groups is 1. The highest BCUT2D eigenvalue weighted by Gasteiger charge is 2.24. The van der Waals surface area contributed by atoms with Gasteiger partial charge in [-0.15, -0.1) is 0 Å². The number of hydrogen-bond acceptors (Lipinski definition) is 4. The Balaban J connectivity index is 2.51. The highest BCUT2D eigenvalue weighted by Crippen LogP contribution is 2.39. The zero-order chi connectivity index (χ0) is 21.5. The molecule has 3 rings (SSSR count). The molecule has 150 valence electrons. The van der Waals surface area contributed by atoms with Crippen LogP contribution in [0.15, 0.2) is 70.2 Å². The van der Waals surface area contributed by atoms with Crippen molar-refractivity contribution in [2.24, 2.45) is 0 Å². The molecule has 6 heteroatoms. The molecule has 0 heterocycles. The Hall–Kier alpha value is -2.96. The van der Waals surface area contributed by atoms with E-state index in [1.807, 2.05) is 6.92 Å². The lowest BCUT2D eigenvalue weighted by atomic mass is 9.83. The van der Waals surface area contributed by atoms with E-state index in [0.29, 0.717) is 39.0 Å². The largest absolute Gasteiger partial charge is 0.508 e. The van der Waals surface area contributed by atoms with Gasteiger partial charge in [0.25, 0.3) is 10.1 Å². The van der Waals surface area contributed by atoms with Crippen LogP contribution in [0.2, 0.25) is 0 Å². The molecule has 0 atom stereocenters. The van der Waals surface area contributed by atoms with Gasteiger partial charge in [0, 0.05) is 5.56 Å². The molecule has 0 radical (unpaired) electrons. The number of phenolic OH excluding ortho intramolecular Hbond substituents is 1. The molecule has 1 aliphatic carbocycles. The number of ketones is 1. The number of aryl methyl sites for hydroxylation is 2. The molecule has 2 aromatic carbocycles. The summed E-state index contributed by atoms with van der Waals surface area (Å²) in [4.78, 5) is 11.9. The summed E-state index contributed by atoms with van der Waals surface area (Å²) in [7, 11) is -4.49. The Bertz CT molecular complexity index is 1230. The number of carbonyl (C=O) groups excluding carboxylic acids is 1. The molecule has 0 saturated carbocycles. The topological polar surface area (TPSA) is 91.7 Å². The Labute approximate surface area is 170 Å². The van der Waals surface area contributed by atoms with Gasteiger partial charge in [0.2, 0.25) is 0 Å². The predicted octanol–water partition coefficient (Wildman–Crippen LogP) is 4.53. The smallest absolute Gasteiger partial charge is 0.295 e. The molecule has 0 spiro atoms. The minimum absolute atomic E-state index is 0.104. The summed E-state index contributed by atoms with van der Waals surface area (Å²) in [6.45, 7) is 7.06. The number of rotatable bonds is 3. The van der Waals surface area contributed by atoms with Crippen molar-refractivity contribution in [1.29, 1.82) is 0 Å². The second kappa shape index (κ2) is 7.46. The summed E-state index contributed by atoms with van der Waals surface area (Å²) in [6.07, 6.45) is 3.25. The van der Waals surface area contributed by atoms with Crippen LogP contribution in [0.3, 0.4) is 0 Å². The van der Waals surface area contributed by atoms with E-state index < -0.39 is 10.1 Å². The van der Waals surface area contributed by atoms with Gasteiger partial charge in [0.1, 0.15) is 10.6 Å². The van der Waals surface area contributed by atoms with Crippen LogP contribution in [0, 0.1) is 13.8 Å². The maximum atomic E-state index is 12.1. The molecule has 0 aromatic heterocycles. The Morgan fingerprint density at radius 1 is 0.862 bits per heavy atom. The van der Waals surface area contributed by atoms with Gasteiger partial charge in [-0.1, -0.05) is 18.2 Å². The summed E-state index contributed by atoms with van der Waals surface area (Å²) in [5.74, 6) is 0.0312. The van der Waals surface area contributed by atoms with E-state index in [-0.39, 0.29) is 16.4 Å². The van der Waals surface area contributed by atoms with Crippen LogP contribution >= 0.6 is 0 Å². The quantitative estimate of drug-likeness (QED) is 0.725. The first-order valence-electron chi connectivity index (χ1n) is 9.03. The van der Waals surface area contributed by atoms with Gasteiger partial charge in [0.15, 0.2) is 5.78 Å². The van der Waals surface area contributed by atoms with Crippen molar-refractivity contribution in [2.45, 2.75) is 32.6 Å². The molecule has 0 fully saturated rings. The minimum atomic E-state index is -4.49. The molecule has 0 saturated heterocycles. The number of benzene rings is 2. The van der Waals surface area contributed by atoms with Crippen LogP contribution in [0.1, 0.15) is 36.1 Å². The van der Waals surface area contributed by atoms with Gasteiger partial charge in [-0.2, -0.15) is 8.42 Å². The monoisotopic (exact) mass is 410 g/mol. The van der Waals surface area contributed by atoms with E-state index in [4.69, 9.17) is 0 Å². The van der Waals surface area contributed by atoms with Crippen LogP contribution in [0.4, 0.5) is 0 Å². The summed E-state index contributed by atoms with van der Waals surface area (Å²) in [5.41, 5.74) is 4.86. The average molecular weight is 410 g/mol. The number of allylic oxidation sites excluding steroid dienone is 5. The van der Waals surface area contributed by atoms with Gasteiger partial charge >= 0.3 is 0 Å². The fourth-order valence-corrected chi connectivity index (χ4v) is 4.16. The zero-order valence-corrected chi connectivity index (χ0v) is 17.5. The molecule has 5 nitrogen and oxygen atoms in total. The van der Waals surface area contributed by atoms with Crippen LogP contribution in [0.25, 0.3) is 5.57 Å². The van der Waals surface area contributed by atoms with E-state index in [1.54, 1.807) is 51.1 Å². The SMILES string of the molecule is CC1=CC(=C(c2cc(C)c(O)cc2C)c2ccccc2S(=O)(=O)O)C(C)=CC1=O. The van der Waals surface area contributed by atoms with Gasteiger partial charge in [-0.3, -0.25) is 9.35 Å². The highest BCUT2D eigenvalue weighted by atomic mass is 32.2. The molecule has 0 bridgehead atoms. The predicted molar refractivity (Wildman–Crippen MR) is 112 cm³/mol. The Morgan fingerprint density at radius 2 is 1.52 bits per heavy atom. The van der Waals surface area contributed by atoms with E-state index in [2.05, 4.69) is 0 Å². The molecular formula is C23H22O5S. The molecule has 1 aliphatic rings. The molecule has 0 amide bonds. The summed E-state index contributed by atoms with van der Waals surface area (Å²) in [5, 5.41) is 10.1. The van der Waals surface area contributed by atoms with E-state index in [0.717, 1.165) is 5.56 Å². The summed E-state index contributed by atoms with van der Waals surface area (Å²) >= 11 is 0. The van der Waals surface area contributed by atoms with Gasteiger partial charge < -0.3 is 5.11 Å². The van der Waals surface area contributed by atoms with Crippen molar-refractivity contribution in [1.82, 2.24) is 0 Å². The average Bonchev–Trinajstić information content (AvgIpc) is 2.63. The van der Waals surface area contributed by atoms with Gasteiger partial charge in [-0.25, -0.2) is 0 Å². The van der Waals surface area contributed by atoms with Gasteiger partial charge in [-0.05, 0) is 97.0 Å². The third kappa shape index (κ3) is 3.95. The Morgan fingerprint density at radius 3 is 2.17 bits per heavy atom. The Kier molecular flexibility index (Phi) is 5.34. The number of phenols is 1. The van der Waals surface area contributed by atoms with Crippen LogP contribution in [0.5, 0.6) is 5.75 Å². The van der Waals surface area contributed by atoms with Crippen molar-refractivity contribution in [3.05, 3.63) is 87.5 Å². The van der Waals surface area contributed by atoms with E-state index in [9.17, 15) is 22.9 Å². The molecule has 2 N–H and O–H groups in total. The first kappa shape index (κ1) is 20.8. The van der Waals surface area contributed by atoms with Crippen LogP contribution in [-0.2, 0) is 14.9 Å². The third-order valence-electron chi connectivity index (χ3n) is 5.04. The molecule has 0 unspecified atom stereocenters. The van der Waals surface area contributed by atoms with Gasteiger partial charge in [0.05, 0.1) is 0 Å². The van der Waals surface area contributed by atoms with Crippen LogP contribution < -0.4 is 0 Å². The fourth-order valence-electron chi connectivity index (χ4n) is 3.46. The van der Waals surface area contributed by atoms with E-state index in [1.165, 1.54) is 18.2 Å². The number of hydrogen-bond donors (Lipinski definition) is 2. The van der Waals surface area contributed by atoms with Crippen molar-refractivity contribution in [3.8, 4) is 5.75 Å². The lowest BCUT2D eigenvalue weighted by Crippen LogP contribution is -2.09. The normalized spacial score (nSPS) is 16.4. The highest BCUT2D eigenvalue weighted by molar-refractivity contribution is 7.86. The van der Waals surface area contributed by atoms with Crippen molar-refractivity contribution < 1.29 is 22.9 Å². The molecule has 0 aliphatic heterocycles. The van der Waals surface area contributed by atoms with Crippen molar-refractivity contribution in [2.75, 3.05) is 0 Å². The first-order chi connectivity index (χ1) is 13.5. The molecular weight excluding hydrogens is 388 g/mol. The van der Waals surface area contributed by atoms with Crippen molar-refractivity contribution in [3.63, 3.8) is 0 Å². The lowest BCUT2D eigenvalue weighted by Gasteiger charge is -2.21. The van der Waals surface area contributed by atoms with Crippen LogP contribution in [-0.4, -0.2) is 23.9 Å². The fraction of sp³-hybridized carbons (Fsp3) is 0.174. The lowest BCUT2D eigenvalue weighted by molar-refractivity contribution is -0.111. The maximum Gasteiger partial charge on any atom is 0.295 e. The molecule has 2 aromatic rings. The second-order valence-corrected chi connectivity index (χ2v) is 8.62. The number of carbonyl (C=O) groups is 1. The first-order valence-corrected chi connectivity index (χ1v) is 10.5. The third-order valence-corrected chi connectivity index (χ3v) is 5.95. The zero-order valence-electron chi connectivity index (χ0n) is 16.6. The minimum Gasteiger partial charge on any atom is -0.508 e. The second-order valence-electron chi connectivity index (χ2n) is 7.23. The van der Waals surface area contributed by atoms with Crippen molar-refractivity contribution >= 4 is 21.5 Å². The maximum absolute atomic E-state index is 12.1. The summed E-state index contributed by atoms with van der Waals surface area (Å²) in [6, 6.07) is 9.59. The van der Waals surface area contributed by atoms with E-state index >= 15 is 0 Å². The summed E-state index contributed by atoms with van der Waals surface area (Å²) < 4.78 is 34.0. The molecule has 29 heavy (non-hydrogen) atoms. The standard InChI is InChI=1S/C23H22O5S/c1-13-11-20(24)15(3)9-18(13)23(19-10-16(4)21(25)12-14(19)2)17-7-5-6-8-22(17)29(26,27)28/h5-12,24H,1-4H3,(H,26,27,28).